The second-order valence-electron chi connectivity index (χ2n) is 2.34. The first-order valence-electron chi connectivity index (χ1n) is 3.46. The SMILES string of the molecule is CSc1ccc(SC)c(C)c1. The Bertz CT molecular complexity index is 243. The topological polar surface area (TPSA) is 0 Å². The molecule has 0 N–H and O–H groups in total. The molecule has 0 spiro atoms. The summed E-state index contributed by atoms with van der Waals surface area (Å²) in [6.07, 6.45) is 4.22. The standard InChI is InChI=1S/C9H12S2/c1-7-6-8(10-2)4-5-9(7)11-3/h4-6H,1-3H3. The lowest BCUT2D eigenvalue weighted by molar-refractivity contribution is 1.24. The largest absolute Gasteiger partial charge is 0.130 e. The van der Waals surface area contributed by atoms with Gasteiger partial charge in [-0.15, -0.1) is 23.5 Å². The molecule has 0 nitrogen and oxygen atoms in total. The van der Waals surface area contributed by atoms with Crippen molar-refractivity contribution in [2.75, 3.05) is 12.5 Å². The van der Waals surface area contributed by atoms with Gasteiger partial charge >= 0.3 is 0 Å². The molecule has 0 amide bonds. The van der Waals surface area contributed by atoms with Crippen LogP contribution in [0.15, 0.2) is 28.0 Å². The molecule has 0 aliphatic rings. The second-order valence-corrected chi connectivity index (χ2v) is 4.06. The highest BCUT2D eigenvalue weighted by Gasteiger charge is 1.96. The molecule has 0 aromatic heterocycles. The van der Waals surface area contributed by atoms with Crippen LogP contribution < -0.4 is 0 Å². The zero-order valence-corrected chi connectivity index (χ0v) is 8.68. The zero-order valence-electron chi connectivity index (χ0n) is 7.05. The van der Waals surface area contributed by atoms with Crippen molar-refractivity contribution in [2.24, 2.45) is 0 Å². The van der Waals surface area contributed by atoms with E-state index in [0.29, 0.717) is 0 Å². The van der Waals surface area contributed by atoms with E-state index in [0.717, 1.165) is 0 Å². The van der Waals surface area contributed by atoms with Crippen LogP contribution in [0.2, 0.25) is 0 Å². The monoisotopic (exact) mass is 184 g/mol. The van der Waals surface area contributed by atoms with Crippen LogP contribution in [0.3, 0.4) is 0 Å². The van der Waals surface area contributed by atoms with E-state index < -0.39 is 0 Å². The van der Waals surface area contributed by atoms with Crippen molar-refractivity contribution in [2.45, 2.75) is 16.7 Å². The van der Waals surface area contributed by atoms with Crippen LogP contribution in [0, 0.1) is 6.92 Å². The van der Waals surface area contributed by atoms with Crippen LogP contribution in [0.5, 0.6) is 0 Å². The second kappa shape index (κ2) is 4.07. The number of hydrogen-bond acceptors (Lipinski definition) is 2. The van der Waals surface area contributed by atoms with Crippen molar-refractivity contribution in [3.8, 4) is 0 Å². The number of rotatable bonds is 2. The third-order valence-corrected chi connectivity index (χ3v) is 3.23. The molecular formula is C9H12S2. The van der Waals surface area contributed by atoms with Crippen LogP contribution in [0.1, 0.15) is 5.56 Å². The molecular weight excluding hydrogens is 172 g/mol. The fourth-order valence-electron chi connectivity index (χ4n) is 0.978. The van der Waals surface area contributed by atoms with E-state index in [1.54, 1.807) is 23.5 Å². The van der Waals surface area contributed by atoms with E-state index >= 15 is 0 Å². The molecule has 0 aliphatic heterocycles. The predicted octanol–water partition coefficient (Wildman–Crippen LogP) is 3.44. The van der Waals surface area contributed by atoms with Crippen molar-refractivity contribution in [3.63, 3.8) is 0 Å². The van der Waals surface area contributed by atoms with Gasteiger partial charge in [0.05, 0.1) is 0 Å². The Balaban J connectivity index is 2.99. The summed E-state index contributed by atoms with van der Waals surface area (Å²) in [6.45, 7) is 2.16. The smallest absolute Gasteiger partial charge is 0.00991 e. The fraction of sp³-hybridized carbons (Fsp3) is 0.333. The summed E-state index contributed by atoms with van der Waals surface area (Å²) in [7, 11) is 0. The molecule has 0 atom stereocenters. The maximum Gasteiger partial charge on any atom is 0.00991 e. The van der Waals surface area contributed by atoms with Crippen molar-refractivity contribution in [1.82, 2.24) is 0 Å². The lowest BCUT2D eigenvalue weighted by Gasteiger charge is -2.03. The first-order valence-corrected chi connectivity index (χ1v) is 5.91. The van der Waals surface area contributed by atoms with Gasteiger partial charge in [0.2, 0.25) is 0 Å². The van der Waals surface area contributed by atoms with Crippen LogP contribution in [0.25, 0.3) is 0 Å². The van der Waals surface area contributed by atoms with E-state index in [1.165, 1.54) is 15.4 Å². The van der Waals surface area contributed by atoms with Gasteiger partial charge in [0.1, 0.15) is 0 Å². The fourth-order valence-corrected chi connectivity index (χ4v) is 2.06. The third kappa shape index (κ3) is 2.17. The van der Waals surface area contributed by atoms with Crippen LogP contribution >= 0.6 is 23.5 Å². The average molecular weight is 184 g/mol. The third-order valence-electron chi connectivity index (χ3n) is 1.60. The maximum atomic E-state index is 2.23. The van der Waals surface area contributed by atoms with Crippen LogP contribution in [-0.2, 0) is 0 Å². The maximum absolute atomic E-state index is 2.23. The molecule has 1 aromatic carbocycles. The van der Waals surface area contributed by atoms with Gasteiger partial charge in [-0.2, -0.15) is 0 Å². The lowest BCUT2D eigenvalue weighted by Crippen LogP contribution is -1.78. The summed E-state index contributed by atoms with van der Waals surface area (Å²) < 4.78 is 0. The Labute approximate surface area is 76.8 Å². The summed E-state index contributed by atoms with van der Waals surface area (Å²) in [6, 6.07) is 6.59. The summed E-state index contributed by atoms with van der Waals surface area (Å²) >= 11 is 3.60. The normalized spacial score (nSPS) is 10.1. The van der Waals surface area contributed by atoms with E-state index in [1.807, 2.05) is 0 Å². The molecule has 0 bridgehead atoms. The Morgan fingerprint density at radius 2 is 1.82 bits per heavy atom. The predicted molar refractivity (Wildman–Crippen MR) is 54.7 cm³/mol. The number of aryl methyl sites for hydroxylation is 1. The van der Waals surface area contributed by atoms with Crippen molar-refractivity contribution < 1.29 is 0 Å². The summed E-state index contributed by atoms with van der Waals surface area (Å²) in [5, 5.41) is 0. The highest BCUT2D eigenvalue weighted by Crippen LogP contribution is 2.24. The Kier molecular flexibility index (Phi) is 3.34. The van der Waals surface area contributed by atoms with Crippen LogP contribution in [0.4, 0.5) is 0 Å². The molecule has 0 heterocycles. The lowest BCUT2D eigenvalue weighted by atomic mass is 10.2. The van der Waals surface area contributed by atoms with Crippen molar-refractivity contribution >= 4 is 23.5 Å². The van der Waals surface area contributed by atoms with E-state index in [2.05, 4.69) is 37.6 Å². The van der Waals surface area contributed by atoms with E-state index in [9.17, 15) is 0 Å². The van der Waals surface area contributed by atoms with Gasteiger partial charge in [0, 0.05) is 9.79 Å². The Morgan fingerprint density at radius 1 is 1.09 bits per heavy atom. The van der Waals surface area contributed by atoms with Gasteiger partial charge in [-0.25, -0.2) is 0 Å². The molecule has 60 valence electrons. The minimum atomic E-state index is 1.35. The number of hydrogen-bond donors (Lipinski definition) is 0. The first-order chi connectivity index (χ1) is 5.27. The highest BCUT2D eigenvalue weighted by atomic mass is 32.2. The van der Waals surface area contributed by atoms with E-state index in [-0.39, 0.29) is 0 Å². The number of benzene rings is 1. The zero-order chi connectivity index (χ0) is 8.27. The van der Waals surface area contributed by atoms with Crippen molar-refractivity contribution in [1.29, 1.82) is 0 Å². The van der Waals surface area contributed by atoms with E-state index in [4.69, 9.17) is 0 Å². The minimum Gasteiger partial charge on any atom is -0.130 e. The minimum absolute atomic E-state index is 1.35. The molecule has 0 unspecified atom stereocenters. The molecule has 0 fully saturated rings. The molecule has 2 heteroatoms. The molecule has 0 saturated carbocycles. The Morgan fingerprint density at radius 3 is 2.27 bits per heavy atom. The molecule has 0 aliphatic carbocycles. The quantitative estimate of drug-likeness (QED) is 0.646. The molecule has 1 rings (SSSR count). The molecule has 11 heavy (non-hydrogen) atoms. The average Bonchev–Trinajstić information content (AvgIpc) is 2.04. The first kappa shape index (κ1) is 9.01. The van der Waals surface area contributed by atoms with Crippen LogP contribution in [-0.4, -0.2) is 12.5 Å². The van der Waals surface area contributed by atoms with Gasteiger partial charge in [-0.05, 0) is 43.2 Å². The molecule has 0 saturated heterocycles. The van der Waals surface area contributed by atoms with Gasteiger partial charge in [-0.1, -0.05) is 0 Å². The van der Waals surface area contributed by atoms with Gasteiger partial charge in [-0.3, -0.25) is 0 Å². The van der Waals surface area contributed by atoms with Crippen molar-refractivity contribution in [3.05, 3.63) is 23.8 Å². The van der Waals surface area contributed by atoms with Gasteiger partial charge < -0.3 is 0 Å². The summed E-state index contributed by atoms with van der Waals surface area (Å²) in [5.74, 6) is 0. The molecule has 1 aromatic rings. The Hall–Kier alpha value is -0.0800. The highest BCUT2D eigenvalue weighted by molar-refractivity contribution is 7.99. The molecule has 0 radical (unpaired) electrons. The summed E-state index contributed by atoms with van der Waals surface area (Å²) in [4.78, 5) is 2.73. The number of thioether (sulfide) groups is 2. The van der Waals surface area contributed by atoms with Gasteiger partial charge in [0.25, 0.3) is 0 Å². The summed E-state index contributed by atoms with van der Waals surface area (Å²) in [5.41, 5.74) is 1.38. The van der Waals surface area contributed by atoms with Gasteiger partial charge in [0.15, 0.2) is 0 Å².